The molecule has 0 saturated carbocycles. The van der Waals surface area contributed by atoms with Crippen LogP contribution in [0.15, 0.2) is 36.4 Å². The summed E-state index contributed by atoms with van der Waals surface area (Å²) in [7, 11) is 0. The van der Waals surface area contributed by atoms with Gasteiger partial charge in [0, 0.05) is 32.7 Å². The van der Waals surface area contributed by atoms with Crippen LogP contribution in [0.1, 0.15) is 5.56 Å². The summed E-state index contributed by atoms with van der Waals surface area (Å²) in [5.41, 5.74) is 8.28. The zero-order valence-electron chi connectivity index (χ0n) is 8.88. The summed E-state index contributed by atoms with van der Waals surface area (Å²) in [6.45, 7) is 0.461. The van der Waals surface area contributed by atoms with Crippen molar-refractivity contribution < 1.29 is 0 Å². The molecule has 2 aromatic rings. The van der Waals surface area contributed by atoms with Crippen molar-refractivity contribution in [3.8, 4) is 11.1 Å². The van der Waals surface area contributed by atoms with E-state index >= 15 is 0 Å². The average Bonchev–Trinajstić information content (AvgIpc) is 2.33. The second-order valence-electron chi connectivity index (χ2n) is 3.64. The summed E-state index contributed by atoms with van der Waals surface area (Å²) >= 11 is 18.3. The number of rotatable bonds is 2. The fraction of sp³-hybridized carbons (Fsp3) is 0.0769. The molecule has 88 valence electrons. The summed E-state index contributed by atoms with van der Waals surface area (Å²) < 4.78 is 0. The van der Waals surface area contributed by atoms with Crippen LogP contribution < -0.4 is 5.73 Å². The van der Waals surface area contributed by atoms with E-state index in [2.05, 4.69) is 0 Å². The van der Waals surface area contributed by atoms with Gasteiger partial charge in [-0.2, -0.15) is 0 Å². The van der Waals surface area contributed by atoms with Gasteiger partial charge < -0.3 is 5.73 Å². The lowest BCUT2D eigenvalue weighted by Crippen LogP contribution is -1.96. The van der Waals surface area contributed by atoms with Gasteiger partial charge in [0.1, 0.15) is 0 Å². The molecule has 0 aromatic heterocycles. The lowest BCUT2D eigenvalue weighted by molar-refractivity contribution is 1.07. The minimum Gasteiger partial charge on any atom is -0.326 e. The second-order valence-corrected chi connectivity index (χ2v) is 4.89. The highest BCUT2D eigenvalue weighted by Gasteiger charge is 2.09. The van der Waals surface area contributed by atoms with Gasteiger partial charge in [0.25, 0.3) is 0 Å². The van der Waals surface area contributed by atoms with Crippen LogP contribution in [-0.4, -0.2) is 0 Å². The highest BCUT2D eigenvalue weighted by Crippen LogP contribution is 2.35. The minimum atomic E-state index is 0.461. The van der Waals surface area contributed by atoms with Gasteiger partial charge in [0.2, 0.25) is 0 Å². The quantitative estimate of drug-likeness (QED) is 0.845. The van der Waals surface area contributed by atoms with E-state index in [0.29, 0.717) is 21.6 Å². The number of halogens is 3. The third-order valence-corrected chi connectivity index (χ3v) is 3.38. The zero-order valence-corrected chi connectivity index (χ0v) is 11.2. The van der Waals surface area contributed by atoms with Gasteiger partial charge in [-0.15, -0.1) is 0 Å². The van der Waals surface area contributed by atoms with Crippen molar-refractivity contribution in [2.24, 2.45) is 5.73 Å². The molecule has 4 heteroatoms. The molecule has 0 radical (unpaired) electrons. The van der Waals surface area contributed by atoms with Crippen LogP contribution in [-0.2, 0) is 6.54 Å². The first kappa shape index (κ1) is 12.7. The van der Waals surface area contributed by atoms with Gasteiger partial charge in [0.15, 0.2) is 0 Å². The van der Waals surface area contributed by atoms with Crippen LogP contribution in [0, 0.1) is 0 Å². The number of nitrogens with two attached hydrogens (primary N) is 1. The standard InChI is InChI=1S/C13H10Cl3N/c14-9-2-4-13(16)11(6-9)10-5-8(7-17)1-3-12(10)15/h1-6H,7,17H2. The molecular formula is C13H10Cl3N. The maximum Gasteiger partial charge on any atom is 0.0485 e. The Morgan fingerprint density at radius 2 is 1.41 bits per heavy atom. The summed E-state index contributed by atoms with van der Waals surface area (Å²) in [5.74, 6) is 0. The molecule has 1 nitrogen and oxygen atoms in total. The first-order valence-electron chi connectivity index (χ1n) is 5.05. The Kier molecular flexibility index (Phi) is 3.95. The smallest absolute Gasteiger partial charge is 0.0485 e. The molecule has 0 unspecified atom stereocenters. The first-order chi connectivity index (χ1) is 8.11. The van der Waals surface area contributed by atoms with Gasteiger partial charge >= 0.3 is 0 Å². The van der Waals surface area contributed by atoms with Crippen LogP contribution in [0.4, 0.5) is 0 Å². The molecule has 0 aliphatic heterocycles. The van der Waals surface area contributed by atoms with Crippen molar-refractivity contribution in [3.63, 3.8) is 0 Å². The van der Waals surface area contributed by atoms with E-state index in [-0.39, 0.29) is 0 Å². The summed E-state index contributed by atoms with van der Waals surface area (Å²) in [5, 5.41) is 1.87. The normalized spacial score (nSPS) is 10.6. The Hall–Kier alpha value is -0.730. The van der Waals surface area contributed by atoms with Crippen molar-refractivity contribution in [2.45, 2.75) is 6.54 Å². The van der Waals surface area contributed by atoms with Crippen LogP contribution in [0.2, 0.25) is 15.1 Å². The average molecular weight is 287 g/mol. The molecule has 0 spiro atoms. The van der Waals surface area contributed by atoms with Crippen molar-refractivity contribution in [3.05, 3.63) is 57.0 Å². The van der Waals surface area contributed by atoms with E-state index in [0.717, 1.165) is 16.7 Å². The third-order valence-electron chi connectivity index (χ3n) is 2.49. The van der Waals surface area contributed by atoms with E-state index in [9.17, 15) is 0 Å². The van der Waals surface area contributed by atoms with Crippen molar-refractivity contribution >= 4 is 34.8 Å². The molecule has 0 saturated heterocycles. The fourth-order valence-corrected chi connectivity index (χ4v) is 2.22. The summed E-state index contributed by atoms with van der Waals surface area (Å²) in [4.78, 5) is 0. The molecule has 0 atom stereocenters. The van der Waals surface area contributed by atoms with E-state index in [1.54, 1.807) is 18.2 Å². The van der Waals surface area contributed by atoms with Crippen molar-refractivity contribution in [1.29, 1.82) is 0 Å². The molecule has 2 N–H and O–H groups in total. The highest BCUT2D eigenvalue weighted by molar-refractivity contribution is 6.37. The third kappa shape index (κ3) is 2.75. The zero-order chi connectivity index (χ0) is 12.4. The van der Waals surface area contributed by atoms with Crippen LogP contribution in [0.25, 0.3) is 11.1 Å². The van der Waals surface area contributed by atoms with Crippen molar-refractivity contribution in [1.82, 2.24) is 0 Å². The largest absolute Gasteiger partial charge is 0.326 e. The molecule has 17 heavy (non-hydrogen) atoms. The molecule has 0 bridgehead atoms. The maximum absolute atomic E-state index is 6.17. The maximum atomic E-state index is 6.17. The van der Waals surface area contributed by atoms with Gasteiger partial charge in [-0.1, -0.05) is 40.9 Å². The van der Waals surface area contributed by atoms with Crippen molar-refractivity contribution in [2.75, 3.05) is 0 Å². The van der Waals surface area contributed by atoms with E-state index in [4.69, 9.17) is 40.5 Å². The number of benzene rings is 2. The van der Waals surface area contributed by atoms with Crippen LogP contribution in [0.3, 0.4) is 0 Å². The topological polar surface area (TPSA) is 26.0 Å². The van der Waals surface area contributed by atoms with E-state index in [1.807, 2.05) is 18.2 Å². The van der Waals surface area contributed by atoms with Crippen LogP contribution >= 0.6 is 34.8 Å². The number of hydrogen-bond acceptors (Lipinski definition) is 1. The Balaban J connectivity index is 2.62. The predicted molar refractivity (Wildman–Crippen MR) is 74.8 cm³/mol. The molecule has 2 aromatic carbocycles. The molecule has 0 aliphatic rings. The van der Waals surface area contributed by atoms with Gasteiger partial charge in [-0.3, -0.25) is 0 Å². The summed E-state index contributed by atoms with van der Waals surface area (Å²) in [6.07, 6.45) is 0. The summed E-state index contributed by atoms with van der Waals surface area (Å²) in [6, 6.07) is 10.9. The second kappa shape index (κ2) is 5.28. The minimum absolute atomic E-state index is 0.461. The van der Waals surface area contributed by atoms with Gasteiger partial charge in [-0.25, -0.2) is 0 Å². The molecule has 2 rings (SSSR count). The molecule has 0 amide bonds. The lowest BCUT2D eigenvalue weighted by Gasteiger charge is -2.09. The fourth-order valence-electron chi connectivity index (χ4n) is 1.61. The molecular weight excluding hydrogens is 277 g/mol. The van der Waals surface area contributed by atoms with Gasteiger partial charge in [0.05, 0.1) is 0 Å². The predicted octanol–water partition coefficient (Wildman–Crippen LogP) is 4.77. The monoisotopic (exact) mass is 285 g/mol. The Labute approximate surface area is 115 Å². The van der Waals surface area contributed by atoms with E-state index < -0.39 is 0 Å². The first-order valence-corrected chi connectivity index (χ1v) is 6.19. The highest BCUT2D eigenvalue weighted by atomic mass is 35.5. The SMILES string of the molecule is NCc1ccc(Cl)c(-c2cc(Cl)ccc2Cl)c1. The molecule has 0 fully saturated rings. The van der Waals surface area contributed by atoms with E-state index in [1.165, 1.54) is 0 Å². The Morgan fingerprint density at radius 3 is 2.06 bits per heavy atom. The van der Waals surface area contributed by atoms with Gasteiger partial charge in [-0.05, 0) is 35.9 Å². The molecule has 0 aliphatic carbocycles. The number of hydrogen-bond donors (Lipinski definition) is 1. The Bertz CT molecular complexity index is 552. The molecule has 0 heterocycles. The Morgan fingerprint density at radius 1 is 0.824 bits per heavy atom. The lowest BCUT2D eigenvalue weighted by atomic mass is 10.0. The van der Waals surface area contributed by atoms with Crippen LogP contribution in [0.5, 0.6) is 0 Å².